The van der Waals surface area contributed by atoms with E-state index in [1.165, 1.54) is 12.3 Å². The zero-order chi connectivity index (χ0) is 20.3. The average Bonchev–Trinajstić information content (AvgIpc) is 3.47. The number of carbonyl (C=O) groups excluding carboxylic acids is 1. The van der Waals surface area contributed by atoms with Crippen molar-refractivity contribution in [2.75, 3.05) is 13.7 Å². The number of pyridine rings is 1. The van der Waals surface area contributed by atoms with Crippen LogP contribution in [-0.4, -0.2) is 30.8 Å². The summed E-state index contributed by atoms with van der Waals surface area (Å²) in [5, 5.41) is 2.91. The molecule has 3 rings (SSSR count). The van der Waals surface area contributed by atoms with Gasteiger partial charge in [0, 0.05) is 5.92 Å². The summed E-state index contributed by atoms with van der Waals surface area (Å²) in [6.07, 6.45) is -2.41. The van der Waals surface area contributed by atoms with Crippen molar-refractivity contribution in [3.63, 3.8) is 0 Å². The first-order valence-corrected chi connectivity index (χ1v) is 8.86. The number of aromatic nitrogens is 1. The summed E-state index contributed by atoms with van der Waals surface area (Å²) in [6, 6.07) is 10.3. The highest BCUT2D eigenvalue weighted by atomic mass is 19.4. The molecule has 3 atom stereocenters. The second-order valence-electron chi connectivity index (χ2n) is 6.78. The molecule has 1 amide bonds. The van der Waals surface area contributed by atoms with Crippen molar-refractivity contribution in [3.05, 3.63) is 53.9 Å². The monoisotopic (exact) mass is 394 g/mol. The Labute approximate surface area is 160 Å². The van der Waals surface area contributed by atoms with Gasteiger partial charge in [-0.3, -0.25) is 9.78 Å². The third-order valence-electron chi connectivity index (χ3n) is 4.61. The molecule has 0 spiro atoms. The minimum atomic E-state index is -4.40. The Balaban J connectivity index is 1.53. The molecule has 0 radical (unpaired) electrons. The van der Waals surface area contributed by atoms with Crippen LogP contribution in [0.4, 0.5) is 13.2 Å². The smallest absolute Gasteiger partial charge is 0.422 e. The lowest BCUT2D eigenvalue weighted by atomic mass is 10.1. The van der Waals surface area contributed by atoms with Crippen molar-refractivity contribution >= 4 is 5.91 Å². The van der Waals surface area contributed by atoms with E-state index < -0.39 is 12.8 Å². The molecular formula is C20H21F3N2O3. The number of rotatable bonds is 7. The van der Waals surface area contributed by atoms with Gasteiger partial charge < -0.3 is 14.8 Å². The maximum absolute atomic E-state index is 12.5. The summed E-state index contributed by atoms with van der Waals surface area (Å²) in [6.45, 7) is 0.410. The van der Waals surface area contributed by atoms with E-state index in [-0.39, 0.29) is 29.5 Å². The van der Waals surface area contributed by atoms with Crippen LogP contribution < -0.4 is 14.8 Å². The summed E-state index contributed by atoms with van der Waals surface area (Å²) in [5.74, 6) is 0.769. The number of benzene rings is 1. The van der Waals surface area contributed by atoms with E-state index in [0.717, 1.165) is 17.7 Å². The molecule has 8 heteroatoms. The summed E-state index contributed by atoms with van der Waals surface area (Å²) < 4.78 is 46.4. The Kier molecular flexibility index (Phi) is 5.76. The molecule has 1 fully saturated rings. The fraction of sp³-hybridized carbons (Fsp3) is 0.400. The zero-order valence-corrected chi connectivity index (χ0v) is 15.5. The van der Waals surface area contributed by atoms with Crippen molar-refractivity contribution in [2.45, 2.75) is 31.5 Å². The molecule has 0 saturated heterocycles. The summed E-state index contributed by atoms with van der Waals surface area (Å²) in [7, 11) is 1.60. The van der Waals surface area contributed by atoms with Crippen LogP contribution in [0.15, 0.2) is 42.6 Å². The van der Waals surface area contributed by atoms with E-state index in [9.17, 15) is 18.0 Å². The Morgan fingerprint density at radius 3 is 2.71 bits per heavy atom. The van der Waals surface area contributed by atoms with E-state index in [1.54, 1.807) is 20.1 Å². The largest absolute Gasteiger partial charge is 0.497 e. The van der Waals surface area contributed by atoms with Gasteiger partial charge >= 0.3 is 6.18 Å². The lowest BCUT2D eigenvalue weighted by Crippen LogP contribution is -2.29. The van der Waals surface area contributed by atoms with Crippen LogP contribution in [0.3, 0.4) is 0 Å². The van der Waals surface area contributed by atoms with Gasteiger partial charge in [-0.25, -0.2) is 0 Å². The molecule has 0 bridgehead atoms. The molecule has 2 aromatic rings. The molecule has 1 aliphatic carbocycles. The Morgan fingerprint density at radius 1 is 1.29 bits per heavy atom. The number of carbonyl (C=O) groups is 1. The van der Waals surface area contributed by atoms with Crippen molar-refractivity contribution < 1.29 is 27.4 Å². The maximum atomic E-state index is 12.5. The number of ether oxygens (including phenoxy) is 2. The average molecular weight is 394 g/mol. The van der Waals surface area contributed by atoms with Gasteiger partial charge in [0.05, 0.1) is 25.0 Å². The second kappa shape index (κ2) is 8.08. The Morgan fingerprint density at radius 2 is 2.07 bits per heavy atom. The van der Waals surface area contributed by atoms with Crippen LogP contribution >= 0.6 is 0 Å². The van der Waals surface area contributed by atoms with Crippen LogP contribution in [0.5, 0.6) is 11.5 Å². The quantitative estimate of drug-likeness (QED) is 0.771. The Hall–Kier alpha value is -2.77. The van der Waals surface area contributed by atoms with Gasteiger partial charge in [-0.1, -0.05) is 12.1 Å². The van der Waals surface area contributed by atoms with E-state index in [4.69, 9.17) is 4.74 Å². The highest BCUT2D eigenvalue weighted by Crippen LogP contribution is 2.48. The van der Waals surface area contributed by atoms with Crippen LogP contribution in [0, 0.1) is 5.92 Å². The fourth-order valence-electron chi connectivity index (χ4n) is 3.02. The molecule has 1 aliphatic rings. The van der Waals surface area contributed by atoms with Gasteiger partial charge in [0.15, 0.2) is 6.61 Å². The van der Waals surface area contributed by atoms with E-state index in [2.05, 4.69) is 15.0 Å². The first-order valence-electron chi connectivity index (χ1n) is 8.86. The van der Waals surface area contributed by atoms with Crippen LogP contribution in [0.1, 0.15) is 36.6 Å². The summed E-state index contributed by atoms with van der Waals surface area (Å²) in [5.41, 5.74) is 1.61. The van der Waals surface area contributed by atoms with Gasteiger partial charge in [0.1, 0.15) is 11.5 Å². The van der Waals surface area contributed by atoms with Crippen molar-refractivity contribution in [2.24, 2.45) is 5.92 Å². The van der Waals surface area contributed by atoms with E-state index in [1.807, 2.05) is 24.3 Å². The van der Waals surface area contributed by atoms with Crippen LogP contribution in [0.2, 0.25) is 0 Å². The number of hydrogen-bond donors (Lipinski definition) is 1. The normalized spacial score (nSPS) is 19.6. The molecule has 1 heterocycles. The number of alkyl halides is 3. The molecule has 5 nitrogen and oxygen atoms in total. The fourth-order valence-corrected chi connectivity index (χ4v) is 3.02. The number of nitrogens with zero attached hydrogens (tertiary/aromatic N) is 1. The zero-order valence-electron chi connectivity index (χ0n) is 15.5. The third kappa shape index (κ3) is 5.15. The topological polar surface area (TPSA) is 60.5 Å². The third-order valence-corrected chi connectivity index (χ3v) is 4.61. The van der Waals surface area contributed by atoms with Gasteiger partial charge in [-0.2, -0.15) is 13.2 Å². The predicted octanol–water partition coefficient (Wildman–Crippen LogP) is 4.01. The highest BCUT2D eigenvalue weighted by Gasteiger charge is 2.44. The maximum Gasteiger partial charge on any atom is 0.422 e. The molecule has 1 N–H and O–H groups in total. The summed E-state index contributed by atoms with van der Waals surface area (Å²) in [4.78, 5) is 16.6. The first-order chi connectivity index (χ1) is 13.3. The molecule has 1 aromatic heterocycles. The van der Waals surface area contributed by atoms with Crippen LogP contribution in [0.25, 0.3) is 0 Å². The number of halogens is 3. The molecular weight excluding hydrogens is 373 g/mol. The molecule has 28 heavy (non-hydrogen) atoms. The standard InChI is InChI=1S/C20H21F3N2O3/c1-12(18-7-6-15(10-24-18)28-11-20(21,22)23)25-19(26)17-9-16(17)13-4-3-5-14(8-13)27-2/h3-8,10,12,16-17H,9,11H2,1-2H3,(H,25,26)/t12-,16+,17-/m1/s1. The van der Waals surface area contributed by atoms with Crippen molar-refractivity contribution in [1.29, 1.82) is 0 Å². The van der Waals surface area contributed by atoms with Crippen molar-refractivity contribution in [1.82, 2.24) is 10.3 Å². The molecule has 1 saturated carbocycles. The predicted molar refractivity (Wildman–Crippen MR) is 96.2 cm³/mol. The van der Waals surface area contributed by atoms with Gasteiger partial charge in [0.2, 0.25) is 5.91 Å². The number of nitrogens with one attached hydrogen (secondary N) is 1. The van der Waals surface area contributed by atoms with Gasteiger partial charge in [-0.05, 0) is 49.1 Å². The van der Waals surface area contributed by atoms with E-state index in [0.29, 0.717) is 5.69 Å². The summed E-state index contributed by atoms with van der Waals surface area (Å²) >= 11 is 0. The Bertz CT molecular complexity index is 824. The lowest BCUT2D eigenvalue weighted by molar-refractivity contribution is -0.153. The molecule has 1 aromatic carbocycles. The van der Waals surface area contributed by atoms with Gasteiger partial charge in [-0.15, -0.1) is 0 Å². The number of hydrogen-bond acceptors (Lipinski definition) is 4. The minimum absolute atomic E-state index is 0.0277. The lowest BCUT2D eigenvalue weighted by Gasteiger charge is -2.14. The number of amides is 1. The van der Waals surface area contributed by atoms with Crippen molar-refractivity contribution in [3.8, 4) is 11.5 Å². The first kappa shape index (κ1) is 20.0. The molecule has 0 unspecified atom stereocenters. The second-order valence-corrected chi connectivity index (χ2v) is 6.78. The SMILES string of the molecule is COc1cccc([C@@H]2C[C@H]2C(=O)N[C@H](C)c2ccc(OCC(F)(F)F)cn2)c1. The minimum Gasteiger partial charge on any atom is -0.497 e. The van der Waals surface area contributed by atoms with E-state index >= 15 is 0 Å². The van der Waals surface area contributed by atoms with Crippen LogP contribution in [-0.2, 0) is 4.79 Å². The molecule has 0 aliphatic heterocycles. The number of methoxy groups -OCH3 is 1. The van der Waals surface area contributed by atoms with Gasteiger partial charge in [0.25, 0.3) is 0 Å². The molecule has 150 valence electrons. The highest BCUT2D eigenvalue weighted by molar-refractivity contribution is 5.83.